The minimum atomic E-state index is -0.778. The Bertz CT molecular complexity index is 1110. The molecule has 0 saturated carbocycles. The molecular formula is C61H110O6. The summed E-state index contributed by atoms with van der Waals surface area (Å²) in [6, 6.07) is 0. The summed E-state index contributed by atoms with van der Waals surface area (Å²) in [5.74, 6) is -0.876. The molecule has 0 aliphatic heterocycles. The molecule has 390 valence electrons. The summed E-state index contributed by atoms with van der Waals surface area (Å²) in [5.41, 5.74) is 0. The topological polar surface area (TPSA) is 78.9 Å². The minimum Gasteiger partial charge on any atom is -0.462 e. The van der Waals surface area contributed by atoms with Crippen LogP contribution in [-0.2, 0) is 28.6 Å². The van der Waals surface area contributed by atoms with Gasteiger partial charge in [0.15, 0.2) is 6.10 Å². The first-order valence-electron chi connectivity index (χ1n) is 29.1. The highest BCUT2D eigenvalue weighted by molar-refractivity contribution is 5.71. The molecule has 0 saturated heterocycles. The van der Waals surface area contributed by atoms with E-state index in [2.05, 4.69) is 69.4 Å². The number of hydrogen-bond donors (Lipinski definition) is 0. The van der Waals surface area contributed by atoms with Gasteiger partial charge in [0.25, 0.3) is 0 Å². The third-order valence-electron chi connectivity index (χ3n) is 12.8. The second kappa shape index (κ2) is 56.0. The van der Waals surface area contributed by atoms with E-state index in [1.165, 1.54) is 199 Å². The molecule has 0 bridgehead atoms. The van der Waals surface area contributed by atoms with Crippen LogP contribution in [0.3, 0.4) is 0 Å². The molecule has 0 aromatic rings. The van der Waals surface area contributed by atoms with E-state index < -0.39 is 6.10 Å². The van der Waals surface area contributed by atoms with Crippen molar-refractivity contribution in [2.75, 3.05) is 13.2 Å². The van der Waals surface area contributed by atoms with Crippen LogP contribution in [0.15, 0.2) is 48.6 Å². The average molecular weight is 940 g/mol. The van der Waals surface area contributed by atoms with E-state index in [1.807, 2.05) is 0 Å². The number of ether oxygens (including phenoxy) is 3. The Kier molecular flexibility index (Phi) is 53.8. The molecule has 0 aliphatic carbocycles. The molecule has 0 rings (SSSR count). The standard InChI is InChI=1S/C61H110O6/c1-4-7-10-13-16-19-22-25-28-29-30-31-34-37-40-43-46-49-52-55-61(64)67-58(56-65-59(62)53-50-47-44-41-38-35-32-26-23-20-17-14-11-8-5-2)57-66-60(63)54-51-48-45-42-39-36-33-27-24-21-18-15-12-9-6-3/h16,19-21,23-25,28,58H,4-15,17-18,22,26-27,29-57H2,1-3H3/b19-16-,23-20-,24-21-,28-25-. The van der Waals surface area contributed by atoms with E-state index in [0.29, 0.717) is 19.3 Å². The van der Waals surface area contributed by atoms with Crippen LogP contribution in [0.5, 0.6) is 0 Å². The minimum absolute atomic E-state index is 0.0768. The van der Waals surface area contributed by atoms with Crippen molar-refractivity contribution in [2.45, 2.75) is 309 Å². The van der Waals surface area contributed by atoms with Crippen LogP contribution < -0.4 is 0 Å². The summed E-state index contributed by atoms with van der Waals surface area (Å²) in [5, 5.41) is 0. The molecule has 6 heteroatoms. The van der Waals surface area contributed by atoms with Gasteiger partial charge in [-0.1, -0.05) is 230 Å². The van der Waals surface area contributed by atoms with Crippen LogP contribution in [0.4, 0.5) is 0 Å². The van der Waals surface area contributed by atoms with Crippen molar-refractivity contribution in [3.63, 3.8) is 0 Å². The first kappa shape index (κ1) is 64.4. The van der Waals surface area contributed by atoms with Crippen LogP contribution in [0.25, 0.3) is 0 Å². The SMILES string of the molecule is CCCCC/C=C\C/C=C\CCCCCCCCCCCC(=O)OC(COC(=O)CCCCCCCCC/C=C\CCCCCC)COC(=O)CCCCCCCCC/C=C\CCCCCC. The van der Waals surface area contributed by atoms with E-state index in [1.54, 1.807) is 0 Å². The molecule has 0 aromatic carbocycles. The average Bonchev–Trinajstić information content (AvgIpc) is 3.33. The summed E-state index contributed by atoms with van der Waals surface area (Å²) in [7, 11) is 0. The number of carbonyl (C=O) groups excluding carboxylic acids is 3. The molecule has 0 aromatic heterocycles. The third-order valence-corrected chi connectivity index (χ3v) is 12.8. The fourth-order valence-electron chi connectivity index (χ4n) is 8.35. The Labute approximate surface area is 416 Å². The lowest BCUT2D eigenvalue weighted by atomic mass is 10.1. The van der Waals surface area contributed by atoms with E-state index in [9.17, 15) is 14.4 Å². The van der Waals surface area contributed by atoms with Gasteiger partial charge in [-0.15, -0.1) is 0 Å². The lowest BCUT2D eigenvalue weighted by Crippen LogP contribution is -2.30. The van der Waals surface area contributed by atoms with Crippen molar-refractivity contribution < 1.29 is 28.6 Å². The van der Waals surface area contributed by atoms with Gasteiger partial charge in [0.1, 0.15) is 13.2 Å². The maximum atomic E-state index is 12.9. The number of esters is 3. The van der Waals surface area contributed by atoms with Crippen molar-refractivity contribution >= 4 is 17.9 Å². The lowest BCUT2D eigenvalue weighted by Gasteiger charge is -2.18. The molecule has 0 heterocycles. The van der Waals surface area contributed by atoms with Crippen LogP contribution in [-0.4, -0.2) is 37.2 Å². The molecule has 0 atom stereocenters. The van der Waals surface area contributed by atoms with E-state index in [-0.39, 0.29) is 31.1 Å². The Morgan fingerprint density at radius 2 is 0.537 bits per heavy atom. The normalized spacial score (nSPS) is 11.9. The summed E-state index contributed by atoms with van der Waals surface area (Å²) < 4.78 is 16.9. The molecule has 0 spiro atoms. The zero-order valence-corrected chi connectivity index (χ0v) is 44.7. The molecule has 0 unspecified atom stereocenters. The Morgan fingerprint density at radius 1 is 0.299 bits per heavy atom. The van der Waals surface area contributed by atoms with Gasteiger partial charge in [-0.3, -0.25) is 14.4 Å². The van der Waals surface area contributed by atoms with Crippen molar-refractivity contribution in [1.29, 1.82) is 0 Å². The van der Waals surface area contributed by atoms with Gasteiger partial charge in [-0.25, -0.2) is 0 Å². The van der Waals surface area contributed by atoms with Crippen LogP contribution in [0, 0.1) is 0 Å². The Morgan fingerprint density at radius 3 is 0.866 bits per heavy atom. The van der Waals surface area contributed by atoms with E-state index >= 15 is 0 Å². The van der Waals surface area contributed by atoms with Crippen molar-refractivity contribution in [3.8, 4) is 0 Å². The Balaban J connectivity index is 4.37. The van der Waals surface area contributed by atoms with Crippen LogP contribution >= 0.6 is 0 Å². The van der Waals surface area contributed by atoms with Crippen molar-refractivity contribution in [2.24, 2.45) is 0 Å². The van der Waals surface area contributed by atoms with Gasteiger partial charge >= 0.3 is 17.9 Å². The molecular weight excluding hydrogens is 829 g/mol. The van der Waals surface area contributed by atoms with Crippen molar-refractivity contribution in [3.05, 3.63) is 48.6 Å². The molecule has 0 N–H and O–H groups in total. The number of carbonyl (C=O) groups is 3. The van der Waals surface area contributed by atoms with E-state index in [0.717, 1.165) is 64.2 Å². The lowest BCUT2D eigenvalue weighted by molar-refractivity contribution is -0.167. The highest BCUT2D eigenvalue weighted by Crippen LogP contribution is 2.16. The Hall–Kier alpha value is -2.63. The van der Waals surface area contributed by atoms with Gasteiger partial charge in [-0.2, -0.15) is 0 Å². The molecule has 0 radical (unpaired) electrons. The van der Waals surface area contributed by atoms with Gasteiger partial charge in [0.05, 0.1) is 0 Å². The first-order valence-corrected chi connectivity index (χ1v) is 29.1. The fourth-order valence-corrected chi connectivity index (χ4v) is 8.35. The maximum Gasteiger partial charge on any atom is 0.306 e. The molecule has 0 amide bonds. The monoisotopic (exact) mass is 939 g/mol. The molecule has 0 aliphatic rings. The largest absolute Gasteiger partial charge is 0.462 e. The van der Waals surface area contributed by atoms with Gasteiger partial charge in [-0.05, 0) is 103 Å². The zero-order chi connectivity index (χ0) is 48.6. The van der Waals surface area contributed by atoms with Crippen molar-refractivity contribution in [1.82, 2.24) is 0 Å². The van der Waals surface area contributed by atoms with E-state index in [4.69, 9.17) is 14.2 Å². The summed E-state index contributed by atoms with van der Waals surface area (Å²) in [6.07, 6.45) is 68.1. The number of rotatable bonds is 53. The maximum absolute atomic E-state index is 12.9. The smallest absolute Gasteiger partial charge is 0.306 e. The molecule has 0 fully saturated rings. The number of hydrogen-bond acceptors (Lipinski definition) is 6. The predicted molar refractivity (Wildman–Crippen MR) is 289 cm³/mol. The van der Waals surface area contributed by atoms with Crippen LogP contribution in [0.2, 0.25) is 0 Å². The molecule has 67 heavy (non-hydrogen) atoms. The fraction of sp³-hybridized carbons (Fsp3) is 0.820. The first-order chi connectivity index (χ1) is 33.0. The van der Waals surface area contributed by atoms with Gasteiger partial charge in [0.2, 0.25) is 0 Å². The summed E-state index contributed by atoms with van der Waals surface area (Å²) in [6.45, 7) is 6.61. The second-order valence-corrected chi connectivity index (χ2v) is 19.5. The number of unbranched alkanes of at least 4 members (excludes halogenated alkanes) is 34. The highest BCUT2D eigenvalue weighted by Gasteiger charge is 2.19. The van der Waals surface area contributed by atoms with Gasteiger partial charge < -0.3 is 14.2 Å². The highest BCUT2D eigenvalue weighted by atomic mass is 16.6. The second-order valence-electron chi connectivity index (χ2n) is 19.5. The summed E-state index contributed by atoms with van der Waals surface area (Å²) in [4.78, 5) is 38.2. The predicted octanol–water partition coefficient (Wildman–Crippen LogP) is 19.4. The zero-order valence-electron chi connectivity index (χ0n) is 44.7. The summed E-state index contributed by atoms with van der Waals surface area (Å²) >= 11 is 0. The quantitative estimate of drug-likeness (QED) is 0.0262. The molecule has 6 nitrogen and oxygen atoms in total. The number of allylic oxidation sites excluding steroid dienone is 8. The third kappa shape index (κ3) is 54.2. The van der Waals surface area contributed by atoms with Gasteiger partial charge in [0, 0.05) is 19.3 Å². The van der Waals surface area contributed by atoms with Crippen LogP contribution in [0.1, 0.15) is 303 Å².